The fourth-order valence-electron chi connectivity index (χ4n) is 1.98. The number of amides is 3. The number of nitrogens with one attached hydrogen (secondary N) is 1. The molecule has 2 aromatic rings. The summed E-state index contributed by atoms with van der Waals surface area (Å²) >= 11 is 0. The number of ether oxygens (including phenoxy) is 1. The predicted molar refractivity (Wildman–Crippen MR) is 88.8 cm³/mol. The van der Waals surface area contributed by atoms with Crippen molar-refractivity contribution in [3.63, 3.8) is 0 Å². The zero-order valence-electron chi connectivity index (χ0n) is 13.1. The number of hydrogen-bond acceptors (Lipinski definition) is 4. The molecule has 3 N–H and O–H groups in total. The smallest absolute Gasteiger partial charge is 0.410 e. The number of para-hydroxylation sites is 2. The third-order valence-corrected chi connectivity index (χ3v) is 3.16. The Morgan fingerprint density at radius 3 is 2.33 bits per heavy atom. The van der Waals surface area contributed by atoms with Crippen LogP contribution in [-0.2, 0) is 4.79 Å². The van der Waals surface area contributed by atoms with Crippen LogP contribution >= 0.6 is 0 Å². The topological polar surface area (TPSA) is 102 Å². The van der Waals surface area contributed by atoms with Gasteiger partial charge in [-0.1, -0.05) is 30.3 Å². The SMILES string of the molecule is CN(C(=O)Oc1ccccc1)c1ccccc1C(=O)NCC(N)=O. The van der Waals surface area contributed by atoms with Gasteiger partial charge in [0.1, 0.15) is 5.75 Å². The molecule has 0 heterocycles. The summed E-state index contributed by atoms with van der Waals surface area (Å²) in [6, 6.07) is 15.1. The minimum atomic E-state index is -0.655. The van der Waals surface area contributed by atoms with Crippen molar-refractivity contribution in [3.8, 4) is 5.75 Å². The first-order valence-corrected chi connectivity index (χ1v) is 7.15. The van der Waals surface area contributed by atoms with Crippen LogP contribution in [0.1, 0.15) is 10.4 Å². The molecule has 0 aliphatic rings. The quantitative estimate of drug-likeness (QED) is 0.869. The molecule has 7 nitrogen and oxygen atoms in total. The molecule has 0 fully saturated rings. The molecule has 7 heteroatoms. The van der Waals surface area contributed by atoms with Crippen LogP contribution in [0.2, 0.25) is 0 Å². The summed E-state index contributed by atoms with van der Waals surface area (Å²) < 4.78 is 5.24. The lowest BCUT2D eigenvalue weighted by molar-refractivity contribution is -0.117. The fraction of sp³-hybridized carbons (Fsp3) is 0.118. The van der Waals surface area contributed by atoms with Gasteiger partial charge in [-0.05, 0) is 24.3 Å². The highest BCUT2D eigenvalue weighted by Gasteiger charge is 2.20. The van der Waals surface area contributed by atoms with Crippen LogP contribution in [0.15, 0.2) is 54.6 Å². The third kappa shape index (κ3) is 4.33. The fourth-order valence-corrected chi connectivity index (χ4v) is 1.98. The standard InChI is InChI=1S/C17H17N3O4/c1-20(17(23)24-12-7-3-2-4-8-12)14-10-6-5-9-13(14)16(22)19-11-15(18)21/h2-10H,11H2,1H3,(H2,18,21)(H,19,22). The molecule has 0 atom stereocenters. The van der Waals surface area contributed by atoms with E-state index in [0.717, 1.165) is 0 Å². The first-order chi connectivity index (χ1) is 11.5. The van der Waals surface area contributed by atoms with Crippen LogP contribution in [0, 0.1) is 0 Å². The van der Waals surface area contributed by atoms with Gasteiger partial charge in [-0.15, -0.1) is 0 Å². The first-order valence-electron chi connectivity index (χ1n) is 7.15. The minimum Gasteiger partial charge on any atom is -0.410 e. The van der Waals surface area contributed by atoms with Crippen LogP contribution in [0.25, 0.3) is 0 Å². The number of carbonyl (C=O) groups excluding carboxylic acids is 3. The number of primary amides is 1. The summed E-state index contributed by atoms with van der Waals surface area (Å²) in [4.78, 5) is 36.4. The molecular weight excluding hydrogens is 310 g/mol. The van der Waals surface area contributed by atoms with E-state index in [2.05, 4.69) is 5.32 Å². The minimum absolute atomic E-state index is 0.228. The third-order valence-electron chi connectivity index (χ3n) is 3.16. The summed E-state index contributed by atoms with van der Waals surface area (Å²) in [6.45, 7) is -0.286. The Labute approximate surface area is 139 Å². The maximum Gasteiger partial charge on any atom is 0.419 e. The van der Waals surface area contributed by atoms with E-state index in [-0.39, 0.29) is 12.1 Å². The van der Waals surface area contributed by atoms with Crippen molar-refractivity contribution >= 4 is 23.6 Å². The lowest BCUT2D eigenvalue weighted by Gasteiger charge is -2.19. The van der Waals surface area contributed by atoms with E-state index >= 15 is 0 Å². The monoisotopic (exact) mass is 327 g/mol. The molecule has 0 unspecified atom stereocenters. The van der Waals surface area contributed by atoms with Crippen molar-refractivity contribution in [1.82, 2.24) is 5.32 Å². The molecule has 0 saturated carbocycles. The van der Waals surface area contributed by atoms with Gasteiger partial charge in [0, 0.05) is 7.05 Å². The van der Waals surface area contributed by atoms with E-state index < -0.39 is 17.9 Å². The number of benzene rings is 2. The van der Waals surface area contributed by atoms with Gasteiger partial charge in [-0.2, -0.15) is 0 Å². The first kappa shape index (κ1) is 17.0. The van der Waals surface area contributed by atoms with Crippen LogP contribution in [0.3, 0.4) is 0 Å². The molecule has 3 amide bonds. The molecule has 0 aliphatic carbocycles. The maximum absolute atomic E-state index is 12.3. The van der Waals surface area contributed by atoms with Crippen molar-refractivity contribution in [3.05, 3.63) is 60.2 Å². The van der Waals surface area contributed by atoms with Crippen molar-refractivity contribution in [2.45, 2.75) is 0 Å². The highest BCUT2D eigenvalue weighted by atomic mass is 16.6. The number of nitrogens with two attached hydrogens (primary N) is 1. The Hall–Kier alpha value is -3.35. The van der Waals surface area contributed by atoms with E-state index in [0.29, 0.717) is 11.4 Å². The van der Waals surface area contributed by atoms with E-state index in [9.17, 15) is 14.4 Å². The number of anilines is 1. The zero-order valence-corrected chi connectivity index (χ0v) is 13.1. The van der Waals surface area contributed by atoms with Gasteiger partial charge in [-0.25, -0.2) is 4.79 Å². The van der Waals surface area contributed by atoms with Crippen molar-refractivity contribution in [2.24, 2.45) is 5.73 Å². The van der Waals surface area contributed by atoms with E-state index in [1.807, 2.05) is 0 Å². The van der Waals surface area contributed by atoms with Gasteiger partial charge in [-0.3, -0.25) is 14.5 Å². The van der Waals surface area contributed by atoms with Crippen molar-refractivity contribution in [1.29, 1.82) is 0 Å². The van der Waals surface area contributed by atoms with Gasteiger partial charge in [0.05, 0.1) is 17.8 Å². The normalized spacial score (nSPS) is 9.88. The summed E-state index contributed by atoms with van der Waals surface area (Å²) in [5.41, 5.74) is 5.59. The highest BCUT2D eigenvalue weighted by Crippen LogP contribution is 2.21. The molecular formula is C17H17N3O4. The average molecular weight is 327 g/mol. The molecule has 0 saturated heterocycles. The van der Waals surface area contributed by atoms with E-state index in [4.69, 9.17) is 10.5 Å². The molecule has 2 aromatic carbocycles. The molecule has 0 radical (unpaired) electrons. The van der Waals surface area contributed by atoms with E-state index in [1.165, 1.54) is 18.0 Å². The van der Waals surface area contributed by atoms with Crippen molar-refractivity contribution < 1.29 is 19.1 Å². The highest BCUT2D eigenvalue weighted by molar-refractivity contribution is 6.04. The Morgan fingerprint density at radius 2 is 1.67 bits per heavy atom. The van der Waals surface area contributed by atoms with Crippen LogP contribution in [-0.4, -0.2) is 31.5 Å². The Balaban J connectivity index is 2.17. The van der Waals surface area contributed by atoms with Gasteiger partial charge >= 0.3 is 6.09 Å². The number of nitrogens with zero attached hydrogens (tertiary/aromatic N) is 1. The van der Waals surface area contributed by atoms with Gasteiger partial charge < -0.3 is 15.8 Å². The predicted octanol–water partition coefficient (Wildman–Crippen LogP) is 1.54. The van der Waals surface area contributed by atoms with Gasteiger partial charge in [0.15, 0.2) is 0 Å². The summed E-state index contributed by atoms with van der Waals surface area (Å²) in [5.74, 6) is -0.772. The Kier molecular flexibility index (Phi) is 5.51. The number of carbonyl (C=O) groups is 3. The second-order valence-electron chi connectivity index (χ2n) is 4.91. The van der Waals surface area contributed by atoms with Crippen LogP contribution in [0.5, 0.6) is 5.75 Å². The van der Waals surface area contributed by atoms with E-state index in [1.54, 1.807) is 48.5 Å². The summed E-state index contributed by atoms with van der Waals surface area (Å²) in [6.07, 6.45) is -0.642. The molecule has 24 heavy (non-hydrogen) atoms. The number of hydrogen-bond donors (Lipinski definition) is 2. The molecule has 0 spiro atoms. The Morgan fingerprint density at radius 1 is 1.04 bits per heavy atom. The lowest BCUT2D eigenvalue weighted by atomic mass is 10.1. The van der Waals surface area contributed by atoms with Gasteiger partial charge in [0.25, 0.3) is 5.91 Å². The molecule has 0 aromatic heterocycles. The second kappa shape index (κ2) is 7.77. The van der Waals surface area contributed by atoms with Gasteiger partial charge in [0.2, 0.25) is 5.91 Å². The Bertz CT molecular complexity index is 747. The summed E-state index contributed by atoms with van der Waals surface area (Å²) in [7, 11) is 1.49. The maximum atomic E-state index is 12.3. The molecule has 0 aliphatic heterocycles. The second-order valence-corrected chi connectivity index (χ2v) is 4.91. The van der Waals surface area contributed by atoms with Crippen molar-refractivity contribution in [2.75, 3.05) is 18.5 Å². The molecule has 2 rings (SSSR count). The molecule has 0 bridgehead atoms. The van der Waals surface area contributed by atoms with Crippen LogP contribution in [0.4, 0.5) is 10.5 Å². The zero-order chi connectivity index (χ0) is 17.5. The number of rotatable bonds is 5. The summed E-state index contributed by atoms with van der Waals surface area (Å²) in [5, 5.41) is 2.39. The lowest BCUT2D eigenvalue weighted by Crippen LogP contribution is -2.35. The molecule has 124 valence electrons. The largest absolute Gasteiger partial charge is 0.419 e. The average Bonchev–Trinajstić information content (AvgIpc) is 2.59. The van der Waals surface area contributed by atoms with Crippen LogP contribution < -0.4 is 20.7 Å².